The highest BCUT2D eigenvalue weighted by molar-refractivity contribution is 5.95. The SMILES string of the molecule is CCc1ncnc(-c2ccc(C(=O)NC3CC(N4CCC(O)CC4)C3)c(F)c2)c1C#Cc1ccc(N)nc1. The third-order valence-corrected chi connectivity index (χ3v) is 7.33. The molecule has 38 heavy (non-hydrogen) atoms. The molecule has 1 amide bonds. The van der Waals surface area contributed by atoms with Crippen LogP contribution in [0.1, 0.15) is 59.8 Å². The maximum absolute atomic E-state index is 15.2. The predicted molar refractivity (Wildman–Crippen MR) is 143 cm³/mol. The first-order valence-corrected chi connectivity index (χ1v) is 13.0. The first-order chi connectivity index (χ1) is 18.4. The second-order valence-electron chi connectivity index (χ2n) is 9.88. The molecule has 5 rings (SSSR count). The van der Waals surface area contributed by atoms with E-state index in [9.17, 15) is 9.90 Å². The Kier molecular flexibility index (Phi) is 7.63. The molecular formula is C29H31FN6O2. The van der Waals surface area contributed by atoms with Gasteiger partial charge in [0.05, 0.1) is 28.6 Å². The van der Waals surface area contributed by atoms with Gasteiger partial charge in [-0.1, -0.05) is 24.8 Å². The minimum Gasteiger partial charge on any atom is -0.393 e. The van der Waals surface area contributed by atoms with Gasteiger partial charge >= 0.3 is 0 Å². The lowest BCUT2D eigenvalue weighted by Crippen LogP contribution is -2.55. The summed E-state index contributed by atoms with van der Waals surface area (Å²) in [7, 11) is 0. The van der Waals surface area contributed by atoms with Gasteiger partial charge in [-0.15, -0.1) is 0 Å². The Morgan fingerprint density at radius 3 is 2.63 bits per heavy atom. The number of nitrogens with one attached hydrogen (secondary N) is 1. The number of aliphatic hydroxyl groups is 1. The zero-order chi connectivity index (χ0) is 26.6. The number of aromatic nitrogens is 3. The monoisotopic (exact) mass is 514 g/mol. The fraction of sp³-hybridized carbons (Fsp3) is 0.379. The number of nitrogens with zero attached hydrogens (tertiary/aromatic N) is 4. The van der Waals surface area contributed by atoms with E-state index in [0.717, 1.165) is 44.5 Å². The van der Waals surface area contributed by atoms with Gasteiger partial charge in [0.15, 0.2) is 0 Å². The number of rotatable bonds is 5. The van der Waals surface area contributed by atoms with Crippen LogP contribution >= 0.6 is 0 Å². The lowest BCUT2D eigenvalue weighted by atomic mass is 9.84. The van der Waals surface area contributed by atoms with Crippen LogP contribution in [-0.4, -0.2) is 62.1 Å². The van der Waals surface area contributed by atoms with Crippen LogP contribution in [0.15, 0.2) is 42.9 Å². The molecule has 2 aliphatic rings. The number of pyridine rings is 1. The lowest BCUT2D eigenvalue weighted by Gasteiger charge is -2.45. The third kappa shape index (κ3) is 5.67. The van der Waals surface area contributed by atoms with Crippen molar-refractivity contribution in [3.05, 3.63) is 71.1 Å². The van der Waals surface area contributed by atoms with Gasteiger partial charge in [-0.25, -0.2) is 19.3 Å². The van der Waals surface area contributed by atoms with Crippen molar-refractivity contribution in [2.75, 3.05) is 18.8 Å². The minimum atomic E-state index is -0.612. The van der Waals surface area contributed by atoms with Gasteiger partial charge in [0.1, 0.15) is 18.0 Å². The molecule has 3 aromatic rings. The van der Waals surface area contributed by atoms with Gasteiger partial charge < -0.3 is 21.1 Å². The number of aryl methyl sites for hydroxylation is 1. The van der Waals surface area contributed by atoms with Crippen molar-refractivity contribution in [3.63, 3.8) is 0 Å². The van der Waals surface area contributed by atoms with E-state index in [-0.39, 0.29) is 17.7 Å². The number of amides is 1. The van der Waals surface area contributed by atoms with Crippen molar-refractivity contribution in [2.24, 2.45) is 0 Å². The van der Waals surface area contributed by atoms with Gasteiger partial charge in [-0.05, 0) is 56.4 Å². The van der Waals surface area contributed by atoms with E-state index in [0.29, 0.717) is 40.7 Å². The number of benzene rings is 1. The van der Waals surface area contributed by atoms with Crippen LogP contribution < -0.4 is 11.1 Å². The summed E-state index contributed by atoms with van der Waals surface area (Å²) in [5, 5.41) is 12.7. The van der Waals surface area contributed by atoms with Crippen LogP contribution in [0, 0.1) is 17.7 Å². The van der Waals surface area contributed by atoms with E-state index in [1.165, 1.54) is 18.5 Å². The zero-order valence-electron chi connectivity index (χ0n) is 21.3. The lowest BCUT2D eigenvalue weighted by molar-refractivity contribution is 0.0266. The van der Waals surface area contributed by atoms with Crippen LogP contribution in [0.25, 0.3) is 11.3 Å². The molecule has 0 radical (unpaired) electrons. The fourth-order valence-electron chi connectivity index (χ4n) is 5.02. The fourth-order valence-corrected chi connectivity index (χ4v) is 5.02. The summed E-state index contributed by atoms with van der Waals surface area (Å²) in [5.41, 5.74) is 8.72. The first-order valence-electron chi connectivity index (χ1n) is 13.0. The Labute approximate surface area is 221 Å². The van der Waals surface area contributed by atoms with Crippen molar-refractivity contribution >= 4 is 11.7 Å². The molecule has 8 nitrogen and oxygen atoms in total. The molecule has 0 bridgehead atoms. The summed E-state index contributed by atoms with van der Waals surface area (Å²) in [6.07, 6.45) is 6.73. The highest BCUT2D eigenvalue weighted by Crippen LogP contribution is 2.29. The standard InChI is InChI=1S/C29H31FN6O2/c1-2-26-24(6-3-18-4-8-27(31)32-16-18)28(34-17-33-26)19-5-7-23(25(30)13-19)29(38)35-20-14-21(15-20)36-11-9-22(37)10-12-36/h4-5,7-8,13,16-17,20-22,37H,2,9-12,14-15H2,1H3,(H2,31,32)(H,35,38). The Morgan fingerprint density at radius 2 is 1.95 bits per heavy atom. The van der Waals surface area contributed by atoms with Crippen LogP contribution in [0.3, 0.4) is 0 Å². The molecule has 2 fully saturated rings. The number of hydrogen-bond acceptors (Lipinski definition) is 7. The summed E-state index contributed by atoms with van der Waals surface area (Å²) in [6, 6.07) is 8.41. The third-order valence-electron chi connectivity index (χ3n) is 7.33. The second kappa shape index (κ2) is 11.3. The second-order valence-corrected chi connectivity index (χ2v) is 9.88. The van der Waals surface area contributed by atoms with Gasteiger partial charge in [0, 0.05) is 42.5 Å². The quantitative estimate of drug-likeness (QED) is 0.448. The largest absolute Gasteiger partial charge is 0.393 e. The number of nitrogens with two attached hydrogens (primary N) is 1. The van der Waals surface area contributed by atoms with E-state index in [2.05, 4.69) is 37.0 Å². The molecule has 9 heteroatoms. The van der Waals surface area contributed by atoms with E-state index < -0.39 is 11.7 Å². The van der Waals surface area contributed by atoms with Gasteiger partial charge in [-0.2, -0.15) is 0 Å². The summed E-state index contributed by atoms with van der Waals surface area (Å²) in [5.74, 6) is 5.56. The Balaban J connectivity index is 1.30. The highest BCUT2D eigenvalue weighted by atomic mass is 19.1. The zero-order valence-corrected chi connectivity index (χ0v) is 21.3. The molecule has 196 valence electrons. The van der Waals surface area contributed by atoms with E-state index in [1.54, 1.807) is 24.4 Å². The topological polar surface area (TPSA) is 117 Å². The molecule has 0 atom stereocenters. The average molecular weight is 515 g/mol. The summed E-state index contributed by atoms with van der Waals surface area (Å²) in [4.78, 5) is 28.0. The summed E-state index contributed by atoms with van der Waals surface area (Å²) in [6.45, 7) is 3.74. The summed E-state index contributed by atoms with van der Waals surface area (Å²) < 4.78 is 15.2. The van der Waals surface area contributed by atoms with Crippen molar-refractivity contribution in [1.82, 2.24) is 25.2 Å². The van der Waals surface area contributed by atoms with Crippen LogP contribution in [-0.2, 0) is 6.42 Å². The molecule has 1 aliphatic carbocycles. The van der Waals surface area contributed by atoms with Crippen molar-refractivity contribution in [2.45, 2.75) is 57.2 Å². The molecule has 1 aromatic carbocycles. The molecular weight excluding hydrogens is 483 g/mol. The molecule has 2 aromatic heterocycles. The molecule has 1 aliphatic heterocycles. The summed E-state index contributed by atoms with van der Waals surface area (Å²) >= 11 is 0. The average Bonchev–Trinajstić information content (AvgIpc) is 2.90. The van der Waals surface area contributed by atoms with Crippen LogP contribution in [0.2, 0.25) is 0 Å². The molecule has 1 saturated heterocycles. The van der Waals surface area contributed by atoms with Crippen molar-refractivity contribution < 1.29 is 14.3 Å². The molecule has 0 spiro atoms. The number of carbonyl (C=O) groups is 1. The van der Waals surface area contributed by atoms with Gasteiger partial charge in [0.25, 0.3) is 5.91 Å². The van der Waals surface area contributed by atoms with Crippen LogP contribution in [0.5, 0.6) is 0 Å². The number of likely N-dealkylation sites (tertiary alicyclic amines) is 1. The molecule has 4 N–H and O–H groups in total. The van der Waals surface area contributed by atoms with E-state index in [1.807, 2.05) is 6.92 Å². The Hall–Kier alpha value is -3.87. The predicted octanol–water partition coefficient (Wildman–Crippen LogP) is 2.94. The number of halogens is 1. The normalized spacial score (nSPS) is 19.8. The highest BCUT2D eigenvalue weighted by Gasteiger charge is 2.36. The van der Waals surface area contributed by atoms with E-state index >= 15 is 4.39 Å². The van der Waals surface area contributed by atoms with Crippen LogP contribution in [0.4, 0.5) is 10.2 Å². The number of aliphatic hydroxyl groups excluding tert-OH is 1. The number of nitrogen functional groups attached to an aromatic ring is 1. The molecule has 3 heterocycles. The Morgan fingerprint density at radius 1 is 1.16 bits per heavy atom. The minimum absolute atomic E-state index is 0.00338. The Bertz CT molecular complexity index is 1370. The molecule has 0 unspecified atom stereocenters. The van der Waals surface area contributed by atoms with Gasteiger partial charge in [0.2, 0.25) is 0 Å². The smallest absolute Gasteiger partial charge is 0.254 e. The number of piperidine rings is 1. The van der Waals surface area contributed by atoms with Gasteiger partial charge in [-0.3, -0.25) is 4.79 Å². The first kappa shape index (κ1) is 25.8. The number of anilines is 1. The van der Waals surface area contributed by atoms with Crippen molar-refractivity contribution in [1.29, 1.82) is 0 Å². The van der Waals surface area contributed by atoms with Crippen molar-refractivity contribution in [3.8, 4) is 23.1 Å². The number of carbonyl (C=O) groups excluding carboxylic acids is 1. The molecule has 1 saturated carbocycles. The number of hydrogen-bond donors (Lipinski definition) is 3. The van der Waals surface area contributed by atoms with E-state index in [4.69, 9.17) is 5.73 Å². The maximum atomic E-state index is 15.2. The maximum Gasteiger partial charge on any atom is 0.254 e.